The summed E-state index contributed by atoms with van der Waals surface area (Å²) in [4.78, 5) is 0. The van der Waals surface area contributed by atoms with E-state index in [1.807, 2.05) is 30.3 Å². The van der Waals surface area contributed by atoms with Crippen LogP contribution in [0, 0.1) is 0 Å². The Morgan fingerprint density at radius 2 is 1.54 bits per heavy atom. The van der Waals surface area contributed by atoms with Crippen molar-refractivity contribution >= 4 is 11.8 Å². The van der Waals surface area contributed by atoms with E-state index in [4.69, 9.17) is 24.8 Å². The van der Waals surface area contributed by atoms with E-state index in [2.05, 4.69) is 10.2 Å². The number of rotatable bonds is 8. The standard InChI is InChI=1S/C19H22N4O4S/c1-24-13-6-8-16(26-3)12(9-13)11-28-19-22-21-18(23(19)20)15-7-5-14(25-2)10-17(15)27-4/h5-10H,11,20H2,1-4H3. The third-order valence-corrected chi connectivity index (χ3v) is 5.15. The van der Waals surface area contributed by atoms with Crippen LogP contribution in [0.15, 0.2) is 41.6 Å². The Kier molecular flexibility index (Phi) is 6.15. The zero-order valence-corrected chi connectivity index (χ0v) is 16.9. The Balaban J connectivity index is 1.85. The molecule has 0 saturated heterocycles. The predicted octanol–water partition coefficient (Wildman–Crippen LogP) is 2.99. The summed E-state index contributed by atoms with van der Waals surface area (Å²) in [6, 6.07) is 11.1. The average molecular weight is 402 g/mol. The number of nitrogens with two attached hydrogens (primary N) is 1. The molecule has 2 aromatic carbocycles. The number of benzene rings is 2. The Bertz CT molecular complexity index is 961. The number of hydrogen-bond acceptors (Lipinski definition) is 8. The highest BCUT2D eigenvalue weighted by molar-refractivity contribution is 7.98. The first-order valence-electron chi connectivity index (χ1n) is 8.37. The van der Waals surface area contributed by atoms with Crippen LogP contribution >= 0.6 is 11.8 Å². The highest BCUT2D eigenvalue weighted by Gasteiger charge is 2.17. The van der Waals surface area contributed by atoms with Gasteiger partial charge in [-0.3, -0.25) is 0 Å². The highest BCUT2D eigenvalue weighted by atomic mass is 32.2. The molecular weight excluding hydrogens is 380 g/mol. The second-order valence-corrected chi connectivity index (χ2v) is 6.65. The smallest absolute Gasteiger partial charge is 0.210 e. The zero-order valence-electron chi connectivity index (χ0n) is 16.1. The van der Waals surface area contributed by atoms with Crippen molar-refractivity contribution in [2.24, 2.45) is 0 Å². The molecule has 0 aliphatic heterocycles. The molecule has 9 heteroatoms. The van der Waals surface area contributed by atoms with Crippen LogP contribution in [0.1, 0.15) is 5.56 Å². The van der Waals surface area contributed by atoms with Crippen molar-refractivity contribution in [2.45, 2.75) is 10.9 Å². The molecule has 8 nitrogen and oxygen atoms in total. The van der Waals surface area contributed by atoms with Gasteiger partial charge in [0.25, 0.3) is 0 Å². The summed E-state index contributed by atoms with van der Waals surface area (Å²) >= 11 is 1.45. The van der Waals surface area contributed by atoms with Crippen molar-refractivity contribution < 1.29 is 18.9 Å². The van der Waals surface area contributed by atoms with Crippen molar-refractivity contribution in [3.05, 3.63) is 42.0 Å². The third-order valence-electron chi connectivity index (χ3n) is 4.16. The lowest BCUT2D eigenvalue weighted by molar-refractivity contribution is 0.395. The van der Waals surface area contributed by atoms with Crippen LogP contribution < -0.4 is 24.8 Å². The first-order chi connectivity index (χ1) is 13.6. The van der Waals surface area contributed by atoms with Gasteiger partial charge in [-0.15, -0.1) is 10.2 Å². The fourth-order valence-electron chi connectivity index (χ4n) is 2.68. The Labute approximate surface area is 167 Å². The van der Waals surface area contributed by atoms with Crippen LogP contribution in [0.2, 0.25) is 0 Å². The van der Waals surface area contributed by atoms with Crippen LogP contribution in [0.5, 0.6) is 23.0 Å². The third kappa shape index (κ3) is 3.94. The molecule has 0 bridgehead atoms. The fraction of sp³-hybridized carbons (Fsp3) is 0.263. The first kappa shape index (κ1) is 19.7. The minimum atomic E-state index is 0.500. The number of aromatic nitrogens is 3. The lowest BCUT2D eigenvalue weighted by Crippen LogP contribution is -2.12. The van der Waals surface area contributed by atoms with Gasteiger partial charge in [0.05, 0.1) is 34.0 Å². The maximum Gasteiger partial charge on any atom is 0.210 e. The summed E-state index contributed by atoms with van der Waals surface area (Å²) in [5, 5.41) is 9.01. The molecule has 0 aliphatic carbocycles. The molecular formula is C19H22N4O4S. The van der Waals surface area contributed by atoms with E-state index in [1.165, 1.54) is 16.4 Å². The van der Waals surface area contributed by atoms with Crippen LogP contribution in [0.4, 0.5) is 0 Å². The van der Waals surface area contributed by atoms with Gasteiger partial charge in [-0.2, -0.15) is 0 Å². The van der Waals surface area contributed by atoms with Crippen LogP contribution in [-0.2, 0) is 5.75 Å². The molecule has 2 N–H and O–H groups in total. The first-order valence-corrected chi connectivity index (χ1v) is 9.36. The maximum atomic E-state index is 6.25. The summed E-state index contributed by atoms with van der Waals surface area (Å²) in [5.74, 6) is 10.2. The molecule has 0 amide bonds. The number of hydrogen-bond donors (Lipinski definition) is 1. The molecule has 0 radical (unpaired) electrons. The lowest BCUT2D eigenvalue weighted by Gasteiger charge is -2.11. The van der Waals surface area contributed by atoms with E-state index in [0.717, 1.165) is 22.6 Å². The molecule has 148 valence electrons. The number of nitrogens with zero attached hydrogens (tertiary/aromatic N) is 3. The van der Waals surface area contributed by atoms with E-state index >= 15 is 0 Å². The summed E-state index contributed by atoms with van der Waals surface area (Å²) in [6.07, 6.45) is 0. The van der Waals surface area contributed by atoms with Gasteiger partial charge in [0.15, 0.2) is 5.82 Å². The Morgan fingerprint density at radius 1 is 0.857 bits per heavy atom. The van der Waals surface area contributed by atoms with Gasteiger partial charge in [-0.1, -0.05) is 11.8 Å². The predicted molar refractivity (Wildman–Crippen MR) is 108 cm³/mol. The molecule has 0 aliphatic rings. The van der Waals surface area contributed by atoms with E-state index in [9.17, 15) is 0 Å². The van der Waals surface area contributed by atoms with Gasteiger partial charge in [-0.25, -0.2) is 4.68 Å². The van der Waals surface area contributed by atoms with Gasteiger partial charge in [-0.05, 0) is 30.3 Å². The molecule has 3 rings (SSSR count). The van der Waals surface area contributed by atoms with Crippen molar-refractivity contribution in [3.8, 4) is 34.4 Å². The summed E-state index contributed by atoms with van der Waals surface area (Å²) < 4.78 is 22.8. The van der Waals surface area contributed by atoms with Gasteiger partial charge >= 0.3 is 0 Å². The normalized spacial score (nSPS) is 10.6. The van der Waals surface area contributed by atoms with Gasteiger partial charge in [0.1, 0.15) is 23.0 Å². The van der Waals surface area contributed by atoms with E-state index in [1.54, 1.807) is 34.5 Å². The molecule has 3 aromatic rings. The van der Waals surface area contributed by atoms with Crippen molar-refractivity contribution in [2.75, 3.05) is 34.3 Å². The average Bonchev–Trinajstić information content (AvgIpc) is 3.11. The number of nitrogen functional groups attached to an aromatic ring is 1. The van der Waals surface area contributed by atoms with Crippen LogP contribution in [0.25, 0.3) is 11.4 Å². The molecule has 0 unspecified atom stereocenters. The minimum Gasteiger partial charge on any atom is -0.497 e. The Hall–Kier alpha value is -3.07. The number of methoxy groups -OCH3 is 4. The molecule has 0 atom stereocenters. The minimum absolute atomic E-state index is 0.500. The summed E-state index contributed by atoms with van der Waals surface area (Å²) in [6.45, 7) is 0. The maximum absolute atomic E-state index is 6.25. The van der Waals surface area contributed by atoms with E-state index in [-0.39, 0.29) is 0 Å². The molecule has 0 fully saturated rings. The summed E-state index contributed by atoms with van der Waals surface area (Å²) in [7, 11) is 6.45. The monoisotopic (exact) mass is 402 g/mol. The van der Waals surface area contributed by atoms with Gasteiger partial charge in [0.2, 0.25) is 5.16 Å². The largest absolute Gasteiger partial charge is 0.497 e. The SMILES string of the molecule is COc1ccc(OC)c(CSc2nnc(-c3ccc(OC)cc3OC)n2N)c1. The van der Waals surface area contributed by atoms with Crippen molar-refractivity contribution in [1.82, 2.24) is 14.9 Å². The fourth-order valence-corrected chi connectivity index (χ4v) is 3.51. The van der Waals surface area contributed by atoms with Crippen molar-refractivity contribution in [3.63, 3.8) is 0 Å². The lowest BCUT2D eigenvalue weighted by atomic mass is 10.2. The van der Waals surface area contributed by atoms with E-state index < -0.39 is 0 Å². The number of thioether (sulfide) groups is 1. The topological polar surface area (TPSA) is 93.6 Å². The number of ether oxygens (including phenoxy) is 4. The molecule has 1 aromatic heterocycles. The zero-order chi connectivity index (χ0) is 20.1. The second kappa shape index (κ2) is 8.75. The molecule has 0 saturated carbocycles. The second-order valence-electron chi connectivity index (χ2n) is 5.71. The van der Waals surface area contributed by atoms with Gasteiger partial charge in [0, 0.05) is 17.4 Å². The molecule has 28 heavy (non-hydrogen) atoms. The highest BCUT2D eigenvalue weighted by Crippen LogP contribution is 2.34. The van der Waals surface area contributed by atoms with Crippen LogP contribution in [0.3, 0.4) is 0 Å². The molecule has 1 heterocycles. The quantitative estimate of drug-likeness (QED) is 0.454. The Morgan fingerprint density at radius 3 is 2.21 bits per heavy atom. The van der Waals surface area contributed by atoms with E-state index in [0.29, 0.717) is 28.2 Å². The van der Waals surface area contributed by atoms with Crippen LogP contribution in [-0.4, -0.2) is 43.3 Å². The van der Waals surface area contributed by atoms with Crippen molar-refractivity contribution in [1.29, 1.82) is 0 Å². The van der Waals surface area contributed by atoms with Gasteiger partial charge < -0.3 is 24.8 Å². The molecule has 0 spiro atoms. The summed E-state index contributed by atoms with van der Waals surface area (Å²) in [5.41, 5.74) is 1.70.